The maximum absolute atomic E-state index is 11.4. The third-order valence-corrected chi connectivity index (χ3v) is 2.41. The number of rotatable bonds is 6. The second kappa shape index (κ2) is 8.52. The van der Waals surface area contributed by atoms with E-state index in [2.05, 4.69) is 17.1 Å². The molecule has 0 heterocycles. The minimum absolute atomic E-state index is 0.0438. The maximum atomic E-state index is 11.4. The number of hydrogen-bond donors (Lipinski definition) is 1. The second-order valence-electron chi connectivity index (χ2n) is 4.26. The topological polar surface area (TPSA) is 77.0 Å². The molecule has 0 saturated carbocycles. The molecule has 0 radical (unpaired) electrons. The summed E-state index contributed by atoms with van der Waals surface area (Å²) in [5, 5.41) is 6.13. The minimum atomic E-state index is -0.711. The molecule has 6 heteroatoms. The fourth-order valence-electron chi connectivity index (χ4n) is 1.29. The van der Waals surface area contributed by atoms with Crippen LogP contribution >= 0.6 is 0 Å². The van der Waals surface area contributed by atoms with E-state index in [0.29, 0.717) is 11.3 Å². The van der Waals surface area contributed by atoms with Crippen molar-refractivity contribution < 1.29 is 19.2 Å². The van der Waals surface area contributed by atoms with E-state index in [9.17, 15) is 9.59 Å². The first kappa shape index (κ1) is 16.4. The first-order valence-corrected chi connectivity index (χ1v) is 6.38. The Morgan fingerprint density at radius 2 is 1.90 bits per heavy atom. The van der Waals surface area contributed by atoms with Crippen molar-refractivity contribution in [3.63, 3.8) is 0 Å². The number of amides is 1. The Bertz CT molecular complexity index is 538. The maximum Gasteiger partial charge on any atom is 0.433 e. The molecule has 0 bridgehead atoms. The monoisotopic (exact) mass is 290 g/mol. The van der Waals surface area contributed by atoms with Crippen LogP contribution in [0.5, 0.6) is 0 Å². The van der Waals surface area contributed by atoms with Crippen LogP contribution in [0.2, 0.25) is 0 Å². The summed E-state index contributed by atoms with van der Waals surface area (Å²) in [6, 6.07) is 9.33. The van der Waals surface area contributed by atoms with Crippen LogP contribution in [0.3, 0.4) is 0 Å². The van der Waals surface area contributed by atoms with E-state index in [0.717, 1.165) is 5.56 Å². The van der Waals surface area contributed by atoms with Crippen LogP contribution in [0.4, 0.5) is 4.79 Å². The number of carbonyl (C=O) groups is 2. The van der Waals surface area contributed by atoms with Gasteiger partial charge in [0.25, 0.3) is 0 Å². The lowest BCUT2D eigenvalue weighted by molar-refractivity contribution is -0.138. The van der Waals surface area contributed by atoms with Crippen molar-refractivity contribution >= 4 is 17.8 Å². The van der Waals surface area contributed by atoms with Gasteiger partial charge < -0.3 is 10.1 Å². The molecular formula is C15H18N2O4. The number of hydrogen-bond acceptors (Lipinski definition) is 5. The molecular weight excluding hydrogens is 272 g/mol. The minimum Gasteiger partial charge on any atom is -0.460 e. The van der Waals surface area contributed by atoms with Gasteiger partial charge in [-0.05, 0) is 19.4 Å². The fourth-order valence-corrected chi connectivity index (χ4v) is 1.29. The largest absolute Gasteiger partial charge is 0.460 e. The third kappa shape index (κ3) is 6.38. The first-order valence-electron chi connectivity index (χ1n) is 6.38. The van der Waals surface area contributed by atoms with Crippen LogP contribution in [-0.4, -0.2) is 30.9 Å². The quantitative estimate of drug-likeness (QED) is 0.218. The van der Waals surface area contributed by atoms with E-state index in [1.807, 2.05) is 30.3 Å². The lowest BCUT2D eigenvalue weighted by Gasteiger charge is -2.05. The van der Waals surface area contributed by atoms with Gasteiger partial charge in [-0.1, -0.05) is 42.1 Å². The predicted molar refractivity (Wildman–Crippen MR) is 78.9 cm³/mol. The molecule has 1 amide bonds. The highest BCUT2D eigenvalue weighted by molar-refractivity contribution is 5.98. The van der Waals surface area contributed by atoms with Crippen LogP contribution in [0.1, 0.15) is 19.4 Å². The lowest BCUT2D eigenvalue weighted by atomic mass is 10.1. The number of esters is 1. The summed E-state index contributed by atoms with van der Waals surface area (Å²) >= 11 is 0. The molecule has 0 unspecified atom stereocenters. The SMILES string of the molecule is C=C(C)C(=O)OCCNC(=O)O/N=C(\C)c1ccccc1. The van der Waals surface area contributed by atoms with E-state index in [1.165, 1.54) is 0 Å². The van der Waals surface area contributed by atoms with Gasteiger partial charge in [-0.2, -0.15) is 0 Å². The van der Waals surface area contributed by atoms with Gasteiger partial charge in [0, 0.05) is 5.57 Å². The van der Waals surface area contributed by atoms with Crippen molar-refractivity contribution in [3.8, 4) is 0 Å². The van der Waals surface area contributed by atoms with Gasteiger partial charge in [0.05, 0.1) is 12.3 Å². The standard InChI is InChI=1S/C15H18N2O4/c1-11(2)14(18)20-10-9-16-15(19)21-17-12(3)13-7-5-4-6-8-13/h4-8H,1,9-10H2,2-3H3,(H,16,19)/b17-12+. The zero-order valence-corrected chi connectivity index (χ0v) is 12.1. The Balaban J connectivity index is 2.28. The molecule has 6 nitrogen and oxygen atoms in total. The molecule has 1 N–H and O–H groups in total. The molecule has 0 aliphatic carbocycles. The first-order chi connectivity index (χ1) is 10.0. The normalized spacial score (nSPS) is 10.7. The summed E-state index contributed by atoms with van der Waals surface area (Å²) in [4.78, 5) is 27.1. The Hall–Kier alpha value is -2.63. The molecule has 0 aromatic heterocycles. The van der Waals surface area contributed by atoms with Gasteiger partial charge in [0.1, 0.15) is 6.61 Å². The zero-order valence-electron chi connectivity index (χ0n) is 12.1. The molecule has 0 saturated heterocycles. The van der Waals surface area contributed by atoms with Crippen molar-refractivity contribution in [2.45, 2.75) is 13.8 Å². The third-order valence-electron chi connectivity index (χ3n) is 2.41. The zero-order chi connectivity index (χ0) is 15.7. The highest BCUT2D eigenvalue weighted by Gasteiger charge is 2.05. The average Bonchev–Trinajstić information content (AvgIpc) is 2.49. The van der Waals surface area contributed by atoms with Crippen molar-refractivity contribution in [2.75, 3.05) is 13.2 Å². The molecule has 1 aromatic carbocycles. The molecule has 0 spiro atoms. The number of nitrogens with zero attached hydrogens (tertiary/aromatic N) is 1. The molecule has 1 rings (SSSR count). The van der Waals surface area contributed by atoms with E-state index >= 15 is 0 Å². The van der Waals surface area contributed by atoms with Crippen molar-refractivity contribution in [3.05, 3.63) is 48.0 Å². The summed E-state index contributed by atoms with van der Waals surface area (Å²) in [5.74, 6) is -0.497. The molecule has 0 aliphatic rings. The van der Waals surface area contributed by atoms with Crippen LogP contribution in [0.25, 0.3) is 0 Å². The fraction of sp³-hybridized carbons (Fsp3) is 0.267. The summed E-state index contributed by atoms with van der Waals surface area (Å²) in [6.07, 6.45) is -0.711. The van der Waals surface area contributed by atoms with E-state index in [-0.39, 0.29) is 13.2 Å². The number of ether oxygens (including phenoxy) is 1. The van der Waals surface area contributed by atoms with Gasteiger partial charge >= 0.3 is 12.1 Å². The van der Waals surface area contributed by atoms with Crippen molar-refractivity contribution in [2.24, 2.45) is 5.16 Å². The van der Waals surface area contributed by atoms with Crippen molar-refractivity contribution in [1.29, 1.82) is 0 Å². The highest BCUT2D eigenvalue weighted by atomic mass is 16.7. The number of benzene rings is 1. The van der Waals surface area contributed by atoms with Crippen LogP contribution < -0.4 is 5.32 Å². The lowest BCUT2D eigenvalue weighted by Crippen LogP contribution is -2.27. The molecule has 1 aromatic rings. The van der Waals surface area contributed by atoms with E-state index < -0.39 is 12.1 Å². The molecule has 112 valence electrons. The Labute approximate surface area is 123 Å². The Morgan fingerprint density at radius 1 is 1.24 bits per heavy atom. The van der Waals surface area contributed by atoms with Gasteiger partial charge in [-0.3, -0.25) is 4.84 Å². The van der Waals surface area contributed by atoms with Gasteiger partial charge in [0.15, 0.2) is 0 Å². The van der Waals surface area contributed by atoms with Crippen LogP contribution in [-0.2, 0) is 14.4 Å². The van der Waals surface area contributed by atoms with Crippen LogP contribution in [0, 0.1) is 0 Å². The van der Waals surface area contributed by atoms with Crippen LogP contribution in [0.15, 0.2) is 47.6 Å². The molecule has 0 fully saturated rings. The molecule has 0 atom stereocenters. The molecule has 0 aliphatic heterocycles. The molecule has 21 heavy (non-hydrogen) atoms. The summed E-state index contributed by atoms with van der Waals surface area (Å²) < 4.78 is 4.80. The van der Waals surface area contributed by atoms with Crippen molar-refractivity contribution in [1.82, 2.24) is 5.32 Å². The number of oxime groups is 1. The average molecular weight is 290 g/mol. The smallest absolute Gasteiger partial charge is 0.433 e. The number of carbonyl (C=O) groups excluding carboxylic acids is 2. The summed E-state index contributed by atoms with van der Waals surface area (Å²) in [7, 11) is 0. The van der Waals surface area contributed by atoms with E-state index in [1.54, 1.807) is 13.8 Å². The second-order valence-corrected chi connectivity index (χ2v) is 4.26. The Morgan fingerprint density at radius 3 is 2.52 bits per heavy atom. The summed E-state index contributed by atoms with van der Waals surface area (Å²) in [6.45, 7) is 6.90. The van der Waals surface area contributed by atoms with E-state index in [4.69, 9.17) is 9.57 Å². The Kier molecular flexibility index (Phi) is 6.67. The number of nitrogens with one attached hydrogen (secondary N) is 1. The predicted octanol–water partition coefficient (Wildman–Crippen LogP) is 2.26. The highest BCUT2D eigenvalue weighted by Crippen LogP contribution is 2.01. The van der Waals surface area contributed by atoms with Gasteiger partial charge in [0.2, 0.25) is 0 Å². The van der Waals surface area contributed by atoms with Gasteiger partial charge in [-0.25, -0.2) is 9.59 Å². The van der Waals surface area contributed by atoms with Gasteiger partial charge in [-0.15, -0.1) is 0 Å². The summed E-state index contributed by atoms with van der Waals surface area (Å²) in [5.41, 5.74) is 1.75.